The summed E-state index contributed by atoms with van der Waals surface area (Å²) < 4.78 is 16.6. The van der Waals surface area contributed by atoms with E-state index in [0.29, 0.717) is 0 Å². The van der Waals surface area contributed by atoms with Gasteiger partial charge in [-0.15, -0.1) is 0 Å². The van der Waals surface area contributed by atoms with E-state index >= 15 is 0 Å². The summed E-state index contributed by atoms with van der Waals surface area (Å²) in [6, 6.07) is 34.7. The van der Waals surface area contributed by atoms with E-state index in [1.165, 1.54) is 27.8 Å². The summed E-state index contributed by atoms with van der Waals surface area (Å²) in [5, 5.41) is 0.192. The molecule has 4 aromatic carbocycles. The molecule has 0 radical (unpaired) electrons. The fourth-order valence-electron chi connectivity index (χ4n) is 3.29. The van der Waals surface area contributed by atoms with E-state index in [2.05, 4.69) is 36.4 Å². The Morgan fingerprint density at radius 3 is 1.45 bits per heavy atom. The highest BCUT2D eigenvalue weighted by atomic mass is 32.2. The van der Waals surface area contributed by atoms with Crippen LogP contribution in [0.25, 0.3) is 0 Å². The molecule has 0 aliphatic heterocycles. The molecular weight excluding hydrogens is 404 g/mol. The molecule has 0 aliphatic carbocycles. The van der Waals surface area contributed by atoms with Crippen molar-refractivity contribution in [2.24, 2.45) is 0 Å². The van der Waals surface area contributed by atoms with Gasteiger partial charge in [0.25, 0.3) is 0 Å². The van der Waals surface area contributed by atoms with Crippen LogP contribution in [0.4, 0.5) is 0 Å². The lowest BCUT2D eigenvalue weighted by Gasteiger charge is -2.13. The average molecular weight is 430 g/mol. The first kappa shape index (κ1) is 20.9. The maximum absolute atomic E-state index is 5.93. The first-order valence-corrected chi connectivity index (χ1v) is 11.0. The van der Waals surface area contributed by atoms with Gasteiger partial charge in [-0.2, -0.15) is 0 Å². The number of benzene rings is 4. The smallest absolute Gasteiger partial charge is 0.171 e. The minimum Gasteiger partial charge on any atom is -0.497 e. The first-order chi connectivity index (χ1) is 15.2. The monoisotopic (exact) mass is 429 g/mol. The van der Waals surface area contributed by atoms with E-state index in [9.17, 15) is 0 Å². The van der Waals surface area contributed by atoms with Crippen LogP contribution in [0.15, 0.2) is 108 Å². The van der Waals surface area contributed by atoms with Crippen LogP contribution in [0, 0.1) is 0 Å². The van der Waals surface area contributed by atoms with Crippen LogP contribution in [0.5, 0.6) is 23.0 Å². The number of thiol groups is 1. The van der Waals surface area contributed by atoms with Crippen molar-refractivity contribution in [2.45, 2.75) is 10.1 Å². The molecule has 0 spiro atoms. The van der Waals surface area contributed by atoms with Crippen molar-refractivity contribution in [1.82, 2.24) is 0 Å². The predicted molar refractivity (Wildman–Crippen MR) is 128 cm³/mol. The quantitative estimate of drug-likeness (QED) is 0.238. The molecule has 0 aromatic heterocycles. The Balaban J connectivity index is 1.57. The molecule has 0 saturated heterocycles. The highest BCUT2D eigenvalue weighted by molar-refractivity contribution is 7.79. The Labute approximate surface area is 187 Å². The van der Waals surface area contributed by atoms with Crippen LogP contribution in [-0.2, 0) is 11.8 Å². The van der Waals surface area contributed by atoms with Gasteiger partial charge < -0.3 is 14.2 Å². The maximum atomic E-state index is 5.93. The Morgan fingerprint density at radius 2 is 0.968 bits per heavy atom. The van der Waals surface area contributed by atoms with Gasteiger partial charge in [0.15, 0.2) is 10.1 Å². The molecule has 0 heterocycles. The lowest BCUT2D eigenvalue weighted by Crippen LogP contribution is -2.04. The van der Waals surface area contributed by atoms with E-state index in [1.807, 2.05) is 66.7 Å². The van der Waals surface area contributed by atoms with Crippen molar-refractivity contribution < 1.29 is 14.2 Å². The van der Waals surface area contributed by atoms with Crippen molar-refractivity contribution in [3.63, 3.8) is 0 Å². The highest BCUT2D eigenvalue weighted by Crippen LogP contribution is 2.32. The third-order valence-corrected chi connectivity index (χ3v) is 6.41. The molecule has 4 rings (SSSR count). The fourth-order valence-corrected chi connectivity index (χ4v) is 4.55. The summed E-state index contributed by atoms with van der Waals surface area (Å²) in [4.78, 5) is 1.22. The fraction of sp³-hybridized carbons (Fsp3) is 0.111. The lowest BCUT2D eigenvalue weighted by atomic mass is 10.0. The second kappa shape index (κ2) is 10.1. The summed E-state index contributed by atoms with van der Waals surface area (Å²) >= 11 is 1.19. The van der Waals surface area contributed by atoms with Crippen LogP contribution in [0.3, 0.4) is 0 Å². The van der Waals surface area contributed by atoms with Gasteiger partial charge in [0, 0.05) is 22.9 Å². The summed E-state index contributed by atoms with van der Waals surface area (Å²) in [5.74, 6) is 3.38. The van der Waals surface area contributed by atoms with Crippen molar-refractivity contribution in [3.8, 4) is 23.0 Å². The SMILES string of the molecule is COc1ccc(C([SH+]c2ccc(Oc3ccccc3)cc2)c2ccc(OC)cc2)cc1. The Bertz CT molecular complexity index is 1030. The number of methoxy groups -OCH3 is 2. The number of ether oxygens (including phenoxy) is 3. The molecule has 4 aromatic rings. The van der Waals surface area contributed by atoms with Gasteiger partial charge in [0.05, 0.1) is 14.2 Å². The van der Waals surface area contributed by atoms with Crippen LogP contribution in [0.2, 0.25) is 0 Å². The van der Waals surface area contributed by atoms with Crippen molar-refractivity contribution >= 4 is 11.8 Å². The van der Waals surface area contributed by atoms with Crippen molar-refractivity contribution in [2.75, 3.05) is 14.2 Å². The van der Waals surface area contributed by atoms with E-state index in [0.717, 1.165) is 23.0 Å². The van der Waals surface area contributed by atoms with E-state index in [1.54, 1.807) is 14.2 Å². The second-order valence-corrected chi connectivity index (χ2v) is 8.28. The minimum absolute atomic E-state index is 0.192. The predicted octanol–water partition coefficient (Wildman–Crippen LogP) is 6.46. The Morgan fingerprint density at radius 1 is 0.516 bits per heavy atom. The van der Waals surface area contributed by atoms with Gasteiger partial charge in [-0.05, 0) is 84.9 Å². The molecule has 31 heavy (non-hydrogen) atoms. The standard InChI is InChI=1S/C27H24O3S/c1-28-22-12-8-20(9-13-22)27(21-10-14-23(29-2)15-11-21)31-26-18-16-25(17-19-26)30-24-6-4-3-5-7-24/h3-19,27H,1-2H3/p+1. The topological polar surface area (TPSA) is 27.7 Å². The zero-order chi connectivity index (χ0) is 21.5. The van der Waals surface area contributed by atoms with E-state index in [4.69, 9.17) is 14.2 Å². The van der Waals surface area contributed by atoms with Gasteiger partial charge in [0.2, 0.25) is 0 Å². The summed E-state index contributed by atoms with van der Waals surface area (Å²) in [6.07, 6.45) is 0. The number of para-hydroxylation sites is 1. The summed E-state index contributed by atoms with van der Waals surface area (Å²) in [7, 11) is 3.38. The molecule has 0 atom stereocenters. The zero-order valence-electron chi connectivity index (χ0n) is 17.6. The molecule has 0 saturated carbocycles. The summed E-state index contributed by atoms with van der Waals surface area (Å²) in [6.45, 7) is 0. The number of hydrogen-bond donors (Lipinski definition) is 0. The highest BCUT2D eigenvalue weighted by Gasteiger charge is 2.23. The van der Waals surface area contributed by atoms with Crippen LogP contribution < -0.4 is 14.2 Å². The van der Waals surface area contributed by atoms with E-state index in [-0.39, 0.29) is 5.25 Å². The third kappa shape index (κ3) is 5.41. The Kier molecular flexibility index (Phi) is 6.80. The normalized spacial score (nSPS) is 10.7. The van der Waals surface area contributed by atoms with Gasteiger partial charge in [-0.1, -0.05) is 18.2 Å². The second-order valence-electron chi connectivity index (χ2n) is 6.99. The molecule has 4 heteroatoms. The van der Waals surface area contributed by atoms with Crippen LogP contribution >= 0.6 is 0 Å². The number of rotatable bonds is 8. The Hall–Kier alpha value is -3.37. The summed E-state index contributed by atoms with van der Waals surface area (Å²) in [5.41, 5.74) is 2.47. The van der Waals surface area contributed by atoms with Crippen LogP contribution in [-0.4, -0.2) is 14.2 Å². The average Bonchev–Trinajstić information content (AvgIpc) is 2.84. The molecule has 0 amide bonds. The van der Waals surface area contributed by atoms with Gasteiger partial charge in [0.1, 0.15) is 23.0 Å². The van der Waals surface area contributed by atoms with Crippen LogP contribution in [0.1, 0.15) is 16.4 Å². The van der Waals surface area contributed by atoms with Crippen molar-refractivity contribution in [3.05, 3.63) is 114 Å². The molecule has 3 nitrogen and oxygen atoms in total. The molecule has 0 unspecified atom stereocenters. The first-order valence-electron chi connectivity index (χ1n) is 10.1. The molecule has 0 N–H and O–H groups in total. The molecule has 0 fully saturated rings. The van der Waals surface area contributed by atoms with Crippen molar-refractivity contribution in [1.29, 1.82) is 0 Å². The van der Waals surface area contributed by atoms with Gasteiger partial charge in [-0.25, -0.2) is 0 Å². The zero-order valence-corrected chi connectivity index (χ0v) is 18.5. The van der Waals surface area contributed by atoms with Gasteiger partial charge in [-0.3, -0.25) is 0 Å². The maximum Gasteiger partial charge on any atom is 0.171 e. The minimum atomic E-state index is 0.192. The third-order valence-electron chi connectivity index (χ3n) is 4.96. The molecule has 0 aliphatic rings. The van der Waals surface area contributed by atoms with E-state index < -0.39 is 0 Å². The largest absolute Gasteiger partial charge is 0.497 e. The molecule has 156 valence electrons. The number of hydrogen-bond acceptors (Lipinski definition) is 3. The lowest BCUT2D eigenvalue weighted by molar-refractivity contribution is 0.414. The van der Waals surface area contributed by atoms with Gasteiger partial charge >= 0.3 is 0 Å². The molecular formula is C27H25O3S+. The molecule has 0 bridgehead atoms.